The molecule has 0 fully saturated rings. The molecule has 0 amide bonds. The molecule has 0 saturated carbocycles. The van der Waals surface area contributed by atoms with Crippen molar-refractivity contribution in [3.05, 3.63) is 0 Å². The van der Waals surface area contributed by atoms with Gasteiger partial charge in [-0.15, -0.1) is 0 Å². The summed E-state index contributed by atoms with van der Waals surface area (Å²) in [6, 6.07) is 0. The van der Waals surface area contributed by atoms with Gasteiger partial charge in [0.15, 0.2) is 0 Å². The van der Waals surface area contributed by atoms with Crippen molar-refractivity contribution in [1.29, 1.82) is 0 Å². The third-order valence-electron chi connectivity index (χ3n) is 1.78. The molecular weight excluding hydrogens is 227 g/mol. The van der Waals surface area contributed by atoms with Crippen LogP contribution in [0.25, 0.3) is 0 Å². The van der Waals surface area contributed by atoms with Crippen LogP contribution >= 0.6 is 11.8 Å². The average molecular weight is 250 g/mol. The highest BCUT2D eigenvalue weighted by molar-refractivity contribution is 7.99. The Morgan fingerprint density at radius 3 is 2.50 bits per heavy atom. The number of carbonyl (C=O) groups is 1. The fraction of sp³-hybridized carbons (Fsp3) is 0.917. The highest BCUT2D eigenvalue weighted by Gasteiger charge is 2.15. The average Bonchev–Trinajstić information content (AvgIpc) is 2.07. The van der Waals surface area contributed by atoms with Gasteiger partial charge in [-0.3, -0.25) is 4.79 Å². The van der Waals surface area contributed by atoms with Crippen molar-refractivity contribution >= 4 is 17.7 Å². The van der Waals surface area contributed by atoms with Gasteiger partial charge in [-0.05, 0) is 52.7 Å². The minimum Gasteiger partial charge on any atom is -0.459 e. The first-order chi connectivity index (χ1) is 7.31. The molecule has 0 spiro atoms. The van der Waals surface area contributed by atoms with Crippen molar-refractivity contribution in [2.45, 2.75) is 58.7 Å². The SMILES string of the molecule is CC(F)CCCCSCC(=O)OC(C)(C)C. The Kier molecular flexibility index (Phi) is 7.81. The Bertz CT molecular complexity index is 200. The number of hydrogen-bond acceptors (Lipinski definition) is 3. The van der Waals surface area contributed by atoms with E-state index < -0.39 is 11.8 Å². The predicted octanol–water partition coefficient (Wildman–Crippen LogP) is 3.59. The van der Waals surface area contributed by atoms with E-state index in [0.29, 0.717) is 12.2 Å². The molecule has 0 aliphatic carbocycles. The highest BCUT2D eigenvalue weighted by Crippen LogP contribution is 2.12. The number of thioether (sulfide) groups is 1. The Labute approximate surface area is 102 Å². The van der Waals surface area contributed by atoms with Crippen LogP contribution in [0.1, 0.15) is 47.0 Å². The van der Waals surface area contributed by atoms with E-state index in [1.54, 1.807) is 18.7 Å². The molecule has 16 heavy (non-hydrogen) atoms. The van der Waals surface area contributed by atoms with Gasteiger partial charge in [-0.1, -0.05) is 0 Å². The molecule has 0 heterocycles. The Morgan fingerprint density at radius 2 is 2.00 bits per heavy atom. The van der Waals surface area contributed by atoms with E-state index in [9.17, 15) is 9.18 Å². The third-order valence-corrected chi connectivity index (χ3v) is 2.80. The van der Waals surface area contributed by atoms with E-state index >= 15 is 0 Å². The minimum atomic E-state index is -0.712. The molecule has 1 atom stereocenters. The topological polar surface area (TPSA) is 26.3 Å². The summed E-state index contributed by atoms with van der Waals surface area (Å²) < 4.78 is 17.6. The summed E-state index contributed by atoms with van der Waals surface area (Å²) in [5.41, 5.74) is -0.401. The van der Waals surface area contributed by atoms with Crippen molar-refractivity contribution < 1.29 is 13.9 Å². The second-order valence-electron chi connectivity index (χ2n) is 4.92. The Morgan fingerprint density at radius 1 is 1.38 bits per heavy atom. The number of halogens is 1. The quantitative estimate of drug-likeness (QED) is 0.510. The van der Waals surface area contributed by atoms with E-state index in [2.05, 4.69) is 0 Å². The summed E-state index contributed by atoms with van der Waals surface area (Å²) in [5.74, 6) is 1.12. The van der Waals surface area contributed by atoms with Crippen LogP contribution in [0.3, 0.4) is 0 Å². The van der Waals surface area contributed by atoms with Gasteiger partial charge in [0.2, 0.25) is 0 Å². The lowest BCUT2D eigenvalue weighted by molar-refractivity contribution is -0.151. The fourth-order valence-electron chi connectivity index (χ4n) is 1.16. The fourth-order valence-corrected chi connectivity index (χ4v) is 1.93. The summed E-state index contributed by atoms with van der Waals surface area (Å²) >= 11 is 1.56. The van der Waals surface area contributed by atoms with Crippen molar-refractivity contribution in [1.82, 2.24) is 0 Å². The molecule has 0 rings (SSSR count). The maximum absolute atomic E-state index is 12.4. The van der Waals surface area contributed by atoms with Crippen LogP contribution in [-0.4, -0.2) is 29.2 Å². The summed E-state index contributed by atoms with van der Waals surface area (Å²) in [4.78, 5) is 11.3. The van der Waals surface area contributed by atoms with Crippen LogP contribution in [0.15, 0.2) is 0 Å². The first kappa shape index (κ1) is 15.8. The van der Waals surface area contributed by atoms with E-state index in [1.807, 2.05) is 20.8 Å². The van der Waals surface area contributed by atoms with Crippen molar-refractivity contribution in [3.8, 4) is 0 Å². The number of esters is 1. The van der Waals surface area contributed by atoms with Gasteiger partial charge in [0.1, 0.15) is 5.60 Å². The second-order valence-corrected chi connectivity index (χ2v) is 6.02. The smallest absolute Gasteiger partial charge is 0.316 e. The number of hydrogen-bond donors (Lipinski definition) is 0. The van der Waals surface area contributed by atoms with Gasteiger partial charge in [0.25, 0.3) is 0 Å². The molecule has 96 valence electrons. The minimum absolute atomic E-state index is 0.170. The number of unbranched alkanes of at least 4 members (excludes halogenated alkanes) is 1. The zero-order chi connectivity index (χ0) is 12.6. The number of rotatable bonds is 7. The summed E-state index contributed by atoms with van der Waals surface area (Å²) in [6.07, 6.45) is 1.75. The molecule has 1 unspecified atom stereocenters. The molecule has 0 aliphatic heterocycles. The van der Waals surface area contributed by atoms with E-state index in [1.165, 1.54) is 0 Å². The molecule has 0 aromatic rings. The second kappa shape index (κ2) is 7.93. The molecule has 0 bridgehead atoms. The first-order valence-corrected chi connectivity index (χ1v) is 6.90. The number of ether oxygens (including phenoxy) is 1. The van der Waals surface area contributed by atoms with Crippen molar-refractivity contribution in [2.75, 3.05) is 11.5 Å². The van der Waals surface area contributed by atoms with Crippen molar-refractivity contribution in [3.63, 3.8) is 0 Å². The summed E-state index contributed by atoms with van der Waals surface area (Å²) in [7, 11) is 0. The summed E-state index contributed by atoms with van der Waals surface area (Å²) in [5, 5.41) is 0. The normalized spacial score (nSPS) is 13.6. The lowest BCUT2D eigenvalue weighted by Gasteiger charge is -2.19. The molecule has 0 saturated heterocycles. The van der Waals surface area contributed by atoms with E-state index in [4.69, 9.17) is 4.74 Å². The van der Waals surface area contributed by atoms with Crippen molar-refractivity contribution in [2.24, 2.45) is 0 Å². The maximum Gasteiger partial charge on any atom is 0.316 e. The predicted molar refractivity (Wildman–Crippen MR) is 67.6 cm³/mol. The number of carbonyl (C=O) groups excluding carboxylic acids is 1. The third kappa shape index (κ3) is 11.8. The maximum atomic E-state index is 12.4. The lowest BCUT2D eigenvalue weighted by Crippen LogP contribution is -2.25. The molecule has 4 heteroatoms. The van der Waals surface area contributed by atoms with Crippen LogP contribution < -0.4 is 0 Å². The van der Waals surface area contributed by atoms with Gasteiger partial charge < -0.3 is 4.74 Å². The molecule has 0 radical (unpaired) electrons. The van der Waals surface area contributed by atoms with E-state index in [-0.39, 0.29) is 5.97 Å². The largest absolute Gasteiger partial charge is 0.459 e. The molecule has 0 aliphatic rings. The van der Waals surface area contributed by atoms with Crippen LogP contribution in [0.5, 0.6) is 0 Å². The lowest BCUT2D eigenvalue weighted by atomic mass is 10.2. The van der Waals surface area contributed by atoms with Crippen LogP contribution in [-0.2, 0) is 9.53 Å². The van der Waals surface area contributed by atoms with Gasteiger partial charge in [-0.25, -0.2) is 4.39 Å². The van der Waals surface area contributed by atoms with Gasteiger partial charge in [0, 0.05) is 0 Å². The Hall–Kier alpha value is -0.250. The van der Waals surface area contributed by atoms with Gasteiger partial charge >= 0.3 is 5.97 Å². The molecule has 2 nitrogen and oxygen atoms in total. The van der Waals surface area contributed by atoms with Gasteiger partial charge in [-0.2, -0.15) is 11.8 Å². The zero-order valence-corrected chi connectivity index (χ0v) is 11.5. The van der Waals surface area contributed by atoms with Gasteiger partial charge in [0.05, 0.1) is 11.9 Å². The molecular formula is C12H23FO2S. The molecule has 0 aromatic carbocycles. The van der Waals surface area contributed by atoms with Crippen LogP contribution in [0.2, 0.25) is 0 Å². The van der Waals surface area contributed by atoms with E-state index in [0.717, 1.165) is 18.6 Å². The number of alkyl halides is 1. The molecule has 0 N–H and O–H groups in total. The first-order valence-electron chi connectivity index (χ1n) is 5.75. The highest BCUT2D eigenvalue weighted by atomic mass is 32.2. The Balaban J connectivity index is 3.35. The monoisotopic (exact) mass is 250 g/mol. The molecule has 0 aromatic heterocycles. The standard InChI is InChI=1S/C12H23FO2S/c1-10(13)7-5-6-8-16-9-11(14)15-12(2,3)4/h10H,5-9H2,1-4H3. The zero-order valence-electron chi connectivity index (χ0n) is 10.7. The van der Waals surface area contributed by atoms with Crippen LogP contribution in [0, 0.1) is 0 Å². The summed E-state index contributed by atoms with van der Waals surface area (Å²) in [6.45, 7) is 7.16. The van der Waals surface area contributed by atoms with Crippen LogP contribution in [0.4, 0.5) is 4.39 Å².